The molecule has 0 unspecified atom stereocenters. The predicted octanol–water partition coefficient (Wildman–Crippen LogP) is 3.26. The molecule has 0 spiro atoms. The van der Waals surface area contributed by atoms with Gasteiger partial charge in [0, 0.05) is 35.6 Å². The molecule has 0 fully saturated rings. The van der Waals surface area contributed by atoms with Crippen LogP contribution in [0.25, 0.3) is 22.2 Å². The number of para-hydroxylation sites is 1. The van der Waals surface area contributed by atoms with Crippen LogP contribution < -0.4 is 0 Å². The van der Waals surface area contributed by atoms with Crippen LogP contribution in [0.2, 0.25) is 0 Å². The Morgan fingerprint density at radius 2 is 2.00 bits per heavy atom. The first-order valence-electron chi connectivity index (χ1n) is 5.96. The number of nitrogens with zero attached hydrogens (tertiary/aromatic N) is 2. The zero-order chi connectivity index (χ0) is 11.2. The van der Waals surface area contributed by atoms with E-state index in [0.717, 1.165) is 13.0 Å². The van der Waals surface area contributed by atoms with E-state index in [1.165, 1.54) is 27.9 Å². The summed E-state index contributed by atoms with van der Waals surface area (Å²) in [4.78, 5) is 4.47. The molecule has 0 saturated heterocycles. The van der Waals surface area contributed by atoms with E-state index in [2.05, 4.69) is 45.9 Å². The van der Waals surface area contributed by atoms with Crippen LogP contribution in [0, 0.1) is 0 Å². The van der Waals surface area contributed by atoms with Gasteiger partial charge in [-0.25, -0.2) is 0 Å². The Kier molecular flexibility index (Phi) is 1.69. The van der Waals surface area contributed by atoms with Crippen LogP contribution in [0.15, 0.2) is 48.7 Å². The monoisotopic (exact) mass is 220 g/mol. The van der Waals surface area contributed by atoms with E-state index < -0.39 is 0 Å². The highest BCUT2D eigenvalue weighted by Crippen LogP contribution is 2.33. The third-order valence-electron chi connectivity index (χ3n) is 3.55. The van der Waals surface area contributed by atoms with Gasteiger partial charge in [-0.3, -0.25) is 4.98 Å². The molecule has 0 bridgehead atoms. The van der Waals surface area contributed by atoms with Crippen LogP contribution in [0.5, 0.6) is 0 Å². The van der Waals surface area contributed by atoms with Gasteiger partial charge in [-0.1, -0.05) is 18.2 Å². The molecule has 3 aromatic rings. The summed E-state index contributed by atoms with van der Waals surface area (Å²) in [7, 11) is 0. The van der Waals surface area contributed by atoms with Crippen molar-refractivity contribution in [3.63, 3.8) is 0 Å². The van der Waals surface area contributed by atoms with Gasteiger partial charge in [-0.15, -0.1) is 0 Å². The minimum absolute atomic E-state index is 1.03. The molecular weight excluding hydrogens is 208 g/mol. The summed E-state index contributed by atoms with van der Waals surface area (Å²) in [6.07, 6.45) is 2.92. The average Bonchev–Trinajstić information content (AvgIpc) is 2.78. The molecule has 0 N–H and O–H groups in total. The minimum Gasteiger partial charge on any atom is -0.340 e. The highest BCUT2D eigenvalue weighted by Gasteiger charge is 2.18. The van der Waals surface area contributed by atoms with Crippen molar-refractivity contribution in [3.05, 3.63) is 54.4 Å². The van der Waals surface area contributed by atoms with Gasteiger partial charge in [0.1, 0.15) is 0 Å². The van der Waals surface area contributed by atoms with Crippen molar-refractivity contribution < 1.29 is 0 Å². The first-order valence-corrected chi connectivity index (χ1v) is 5.96. The quantitative estimate of drug-likeness (QED) is 0.568. The van der Waals surface area contributed by atoms with Gasteiger partial charge in [0.15, 0.2) is 0 Å². The van der Waals surface area contributed by atoms with Gasteiger partial charge in [-0.05, 0) is 24.3 Å². The van der Waals surface area contributed by atoms with E-state index in [4.69, 9.17) is 0 Å². The number of aryl methyl sites for hydroxylation is 2. The molecule has 1 aromatic carbocycles. The molecule has 1 aliphatic heterocycles. The molecule has 17 heavy (non-hydrogen) atoms. The summed E-state index contributed by atoms with van der Waals surface area (Å²) < 4.78 is 2.40. The molecule has 0 amide bonds. The Hall–Kier alpha value is -2.09. The van der Waals surface area contributed by atoms with Crippen LogP contribution in [0.3, 0.4) is 0 Å². The number of rotatable bonds is 0. The molecule has 2 aromatic heterocycles. The summed E-state index contributed by atoms with van der Waals surface area (Å²) in [6, 6.07) is 15.0. The number of benzene rings is 1. The summed E-state index contributed by atoms with van der Waals surface area (Å²) >= 11 is 0. The Bertz CT molecular complexity index is 710. The molecule has 0 atom stereocenters. The highest BCUT2D eigenvalue weighted by molar-refractivity contribution is 5.87. The smallest absolute Gasteiger partial charge is 0.0514 e. The van der Waals surface area contributed by atoms with Crippen molar-refractivity contribution in [3.8, 4) is 11.3 Å². The molecule has 0 radical (unpaired) electrons. The van der Waals surface area contributed by atoms with E-state index >= 15 is 0 Å². The SMILES string of the molecule is c1cnc2c(c1)-c1cc3ccccc3n1CC2. The molecule has 4 rings (SSSR count). The van der Waals surface area contributed by atoms with Gasteiger partial charge in [0.25, 0.3) is 0 Å². The van der Waals surface area contributed by atoms with E-state index in [1.807, 2.05) is 12.3 Å². The highest BCUT2D eigenvalue weighted by atomic mass is 15.0. The second-order valence-electron chi connectivity index (χ2n) is 4.49. The van der Waals surface area contributed by atoms with Crippen LogP contribution in [0.4, 0.5) is 0 Å². The number of hydrogen-bond donors (Lipinski definition) is 0. The zero-order valence-electron chi connectivity index (χ0n) is 9.43. The van der Waals surface area contributed by atoms with Crippen molar-refractivity contribution in [2.24, 2.45) is 0 Å². The maximum Gasteiger partial charge on any atom is 0.0514 e. The number of aromatic nitrogens is 2. The maximum atomic E-state index is 4.47. The Balaban J connectivity index is 2.10. The number of pyridine rings is 1. The van der Waals surface area contributed by atoms with Crippen LogP contribution in [0.1, 0.15) is 5.69 Å². The van der Waals surface area contributed by atoms with Crippen molar-refractivity contribution >= 4 is 10.9 Å². The predicted molar refractivity (Wildman–Crippen MR) is 68.9 cm³/mol. The lowest BCUT2D eigenvalue weighted by Crippen LogP contribution is -2.11. The lowest BCUT2D eigenvalue weighted by molar-refractivity contribution is 0.695. The van der Waals surface area contributed by atoms with E-state index in [1.54, 1.807) is 0 Å². The lowest BCUT2D eigenvalue weighted by atomic mass is 10.0. The Morgan fingerprint density at radius 3 is 3.00 bits per heavy atom. The molecule has 2 heteroatoms. The molecule has 2 nitrogen and oxygen atoms in total. The standard InChI is InChI=1S/C15H12N2/c1-2-6-14-11(4-1)10-15-12-5-3-8-16-13(12)7-9-17(14)15/h1-6,8,10H,7,9H2. The second-order valence-corrected chi connectivity index (χ2v) is 4.49. The van der Waals surface area contributed by atoms with Gasteiger partial charge < -0.3 is 4.57 Å². The zero-order valence-corrected chi connectivity index (χ0v) is 9.43. The first kappa shape index (κ1) is 8.99. The minimum atomic E-state index is 1.03. The summed E-state index contributed by atoms with van der Waals surface area (Å²) in [5.41, 5.74) is 5.15. The summed E-state index contributed by atoms with van der Waals surface area (Å²) in [5.74, 6) is 0. The van der Waals surface area contributed by atoms with Crippen molar-refractivity contribution in [2.45, 2.75) is 13.0 Å². The Morgan fingerprint density at radius 1 is 1.06 bits per heavy atom. The summed E-state index contributed by atoms with van der Waals surface area (Å²) in [5, 5.41) is 1.32. The topological polar surface area (TPSA) is 17.8 Å². The normalized spacial score (nSPS) is 13.4. The van der Waals surface area contributed by atoms with Crippen molar-refractivity contribution in [1.82, 2.24) is 9.55 Å². The maximum absolute atomic E-state index is 4.47. The average molecular weight is 220 g/mol. The van der Waals surface area contributed by atoms with Gasteiger partial charge in [0.2, 0.25) is 0 Å². The number of fused-ring (bicyclic) bond motifs is 5. The fourth-order valence-corrected chi connectivity index (χ4v) is 2.76. The van der Waals surface area contributed by atoms with Crippen LogP contribution in [-0.2, 0) is 13.0 Å². The molecular formula is C15H12N2. The van der Waals surface area contributed by atoms with Crippen LogP contribution in [-0.4, -0.2) is 9.55 Å². The molecule has 0 aliphatic carbocycles. The van der Waals surface area contributed by atoms with Gasteiger partial charge in [0.05, 0.1) is 11.4 Å². The second kappa shape index (κ2) is 3.20. The fourth-order valence-electron chi connectivity index (χ4n) is 2.76. The lowest BCUT2D eigenvalue weighted by Gasteiger charge is -2.18. The van der Waals surface area contributed by atoms with Gasteiger partial charge in [-0.2, -0.15) is 0 Å². The number of hydrogen-bond acceptors (Lipinski definition) is 1. The molecule has 1 aliphatic rings. The van der Waals surface area contributed by atoms with Gasteiger partial charge >= 0.3 is 0 Å². The first-order chi connectivity index (χ1) is 8.43. The summed E-state index contributed by atoms with van der Waals surface area (Å²) in [6.45, 7) is 1.03. The van der Waals surface area contributed by atoms with E-state index in [0.29, 0.717) is 0 Å². The Labute approximate surface area is 99.5 Å². The third-order valence-corrected chi connectivity index (χ3v) is 3.55. The van der Waals surface area contributed by atoms with E-state index in [9.17, 15) is 0 Å². The molecule has 0 saturated carbocycles. The van der Waals surface area contributed by atoms with E-state index in [-0.39, 0.29) is 0 Å². The van der Waals surface area contributed by atoms with Crippen LogP contribution >= 0.6 is 0 Å². The molecule has 3 heterocycles. The third kappa shape index (κ3) is 1.18. The molecule has 82 valence electrons. The fraction of sp³-hybridized carbons (Fsp3) is 0.133. The van der Waals surface area contributed by atoms with Crippen molar-refractivity contribution in [1.29, 1.82) is 0 Å². The largest absolute Gasteiger partial charge is 0.340 e. The van der Waals surface area contributed by atoms with Crippen molar-refractivity contribution in [2.75, 3.05) is 0 Å².